The van der Waals surface area contributed by atoms with Crippen LogP contribution in [0.25, 0.3) is 0 Å². The van der Waals surface area contributed by atoms with Gasteiger partial charge in [0.2, 0.25) is 0 Å². The lowest BCUT2D eigenvalue weighted by molar-refractivity contribution is 0.0689. The first kappa shape index (κ1) is 9.80. The lowest BCUT2D eigenvalue weighted by atomic mass is 10.1. The molecule has 0 amide bonds. The van der Waals surface area contributed by atoms with Gasteiger partial charge in [-0.05, 0) is 24.5 Å². The molecule has 13 heavy (non-hydrogen) atoms. The van der Waals surface area contributed by atoms with Crippen LogP contribution < -0.4 is 0 Å². The first-order valence-corrected chi connectivity index (χ1v) is 4.16. The molecular formula is C9H13NO3. The second kappa shape index (κ2) is 3.62. The van der Waals surface area contributed by atoms with E-state index in [1.807, 2.05) is 13.8 Å². The van der Waals surface area contributed by atoms with E-state index < -0.39 is 5.97 Å². The summed E-state index contributed by atoms with van der Waals surface area (Å²) >= 11 is 0. The van der Waals surface area contributed by atoms with Crippen LogP contribution in [0.4, 0.5) is 0 Å². The van der Waals surface area contributed by atoms with E-state index in [0.29, 0.717) is 12.1 Å². The van der Waals surface area contributed by atoms with E-state index in [2.05, 4.69) is 4.98 Å². The van der Waals surface area contributed by atoms with Crippen molar-refractivity contribution >= 4 is 5.97 Å². The highest BCUT2D eigenvalue weighted by Crippen LogP contribution is 2.18. The zero-order valence-corrected chi connectivity index (χ0v) is 7.72. The van der Waals surface area contributed by atoms with Gasteiger partial charge < -0.3 is 15.2 Å². The minimum Gasteiger partial charge on any atom is -0.477 e. The van der Waals surface area contributed by atoms with Crippen molar-refractivity contribution in [3.63, 3.8) is 0 Å². The first-order valence-electron chi connectivity index (χ1n) is 4.16. The van der Waals surface area contributed by atoms with Crippen molar-refractivity contribution in [3.8, 4) is 0 Å². The van der Waals surface area contributed by atoms with Crippen LogP contribution in [0.1, 0.15) is 34.2 Å². The highest BCUT2D eigenvalue weighted by atomic mass is 16.4. The van der Waals surface area contributed by atoms with Crippen LogP contribution in [0.2, 0.25) is 0 Å². The molecule has 0 atom stereocenters. The van der Waals surface area contributed by atoms with Crippen LogP contribution in [0.5, 0.6) is 0 Å². The fourth-order valence-electron chi connectivity index (χ4n) is 1.47. The molecule has 1 aromatic heterocycles. The Morgan fingerprint density at radius 1 is 1.54 bits per heavy atom. The largest absolute Gasteiger partial charge is 0.477 e. The molecule has 0 saturated heterocycles. The molecule has 1 aromatic rings. The van der Waals surface area contributed by atoms with Gasteiger partial charge in [-0.2, -0.15) is 0 Å². The topological polar surface area (TPSA) is 73.3 Å². The molecule has 3 N–H and O–H groups in total. The maximum absolute atomic E-state index is 10.7. The van der Waals surface area contributed by atoms with Crippen molar-refractivity contribution < 1.29 is 15.0 Å². The molecule has 0 fully saturated rings. The molecule has 0 aliphatic rings. The fourth-order valence-corrected chi connectivity index (χ4v) is 1.47. The third kappa shape index (κ3) is 1.58. The van der Waals surface area contributed by atoms with Crippen molar-refractivity contribution in [3.05, 3.63) is 22.5 Å². The van der Waals surface area contributed by atoms with Gasteiger partial charge in [0.25, 0.3) is 0 Å². The number of nitrogens with one attached hydrogen (secondary N) is 1. The van der Waals surface area contributed by atoms with Gasteiger partial charge in [-0.3, -0.25) is 0 Å². The lowest BCUT2D eigenvalue weighted by Crippen LogP contribution is -2.00. The number of aliphatic hydroxyl groups excluding tert-OH is 1. The van der Waals surface area contributed by atoms with Crippen LogP contribution in [0.3, 0.4) is 0 Å². The number of aliphatic hydroxyl groups is 1. The summed E-state index contributed by atoms with van der Waals surface area (Å²) in [5.41, 5.74) is 2.41. The van der Waals surface area contributed by atoms with Gasteiger partial charge in [-0.1, -0.05) is 6.92 Å². The monoisotopic (exact) mass is 183 g/mol. The Bertz CT molecular complexity index is 328. The van der Waals surface area contributed by atoms with E-state index in [-0.39, 0.29) is 12.3 Å². The summed E-state index contributed by atoms with van der Waals surface area (Å²) in [6.45, 7) is 3.56. The number of rotatable bonds is 3. The second-order valence-corrected chi connectivity index (χ2v) is 2.90. The average Bonchev–Trinajstić information content (AvgIpc) is 2.42. The van der Waals surface area contributed by atoms with Crippen LogP contribution in [0, 0.1) is 6.92 Å². The Balaban J connectivity index is 3.27. The molecule has 1 heterocycles. The molecule has 0 saturated carbocycles. The number of carbonyl (C=O) groups is 1. The number of H-pyrrole nitrogens is 1. The number of aromatic carboxylic acids is 1. The van der Waals surface area contributed by atoms with Crippen molar-refractivity contribution in [2.45, 2.75) is 26.9 Å². The van der Waals surface area contributed by atoms with Gasteiger partial charge in [0, 0.05) is 5.69 Å². The Labute approximate surface area is 76.2 Å². The van der Waals surface area contributed by atoms with Crippen molar-refractivity contribution in [1.29, 1.82) is 0 Å². The van der Waals surface area contributed by atoms with Crippen LogP contribution in [0.15, 0.2) is 0 Å². The van der Waals surface area contributed by atoms with Crippen LogP contribution >= 0.6 is 0 Å². The average molecular weight is 183 g/mol. The predicted molar refractivity (Wildman–Crippen MR) is 47.8 cm³/mol. The van der Waals surface area contributed by atoms with Crippen LogP contribution in [-0.2, 0) is 13.0 Å². The zero-order chi connectivity index (χ0) is 10.0. The van der Waals surface area contributed by atoms with Gasteiger partial charge >= 0.3 is 5.97 Å². The van der Waals surface area contributed by atoms with Gasteiger partial charge in [-0.15, -0.1) is 0 Å². The molecule has 1 rings (SSSR count). The Morgan fingerprint density at radius 3 is 2.46 bits per heavy atom. The van der Waals surface area contributed by atoms with Crippen molar-refractivity contribution in [1.82, 2.24) is 4.98 Å². The smallest absolute Gasteiger partial charge is 0.352 e. The Kier molecular flexibility index (Phi) is 2.72. The highest BCUT2D eigenvalue weighted by molar-refractivity contribution is 5.88. The maximum Gasteiger partial charge on any atom is 0.352 e. The van der Waals surface area contributed by atoms with Crippen molar-refractivity contribution in [2.24, 2.45) is 0 Å². The summed E-state index contributed by atoms with van der Waals surface area (Å²) in [4.78, 5) is 13.4. The summed E-state index contributed by atoms with van der Waals surface area (Å²) in [7, 11) is 0. The van der Waals surface area contributed by atoms with E-state index >= 15 is 0 Å². The minimum atomic E-state index is -0.973. The number of aromatic amines is 1. The van der Waals surface area contributed by atoms with Gasteiger partial charge in [0.15, 0.2) is 0 Å². The molecule has 0 radical (unpaired) electrons. The van der Waals surface area contributed by atoms with E-state index in [1.165, 1.54) is 0 Å². The molecule has 4 nitrogen and oxygen atoms in total. The molecule has 0 spiro atoms. The van der Waals surface area contributed by atoms with Gasteiger partial charge in [0.1, 0.15) is 5.69 Å². The van der Waals surface area contributed by atoms with E-state index in [4.69, 9.17) is 10.2 Å². The first-order chi connectivity index (χ1) is 6.11. The maximum atomic E-state index is 10.7. The highest BCUT2D eigenvalue weighted by Gasteiger charge is 2.16. The Morgan fingerprint density at radius 2 is 2.15 bits per heavy atom. The van der Waals surface area contributed by atoms with E-state index in [1.54, 1.807) is 0 Å². The third-order valence-electron chi connectivity index (χ3n) is 2.21. The normalized spacial score (nSPS) is 10.4. The molecule has 4 heteroatoms. The minimum absolute atomic E-state index is 0.147. The SMILES string of the molecule is CCc1c(C(=O)O)[nH]c(CO)c1C. The quantitative estimate of drug-likeness (QED) is 0.656. The molecule has 0 bridgehead atoms. The summed E-state index contributed by atoms with van der Waals surface area (Å²) in [6.07, 6.45) is 0.657. The second-order valence-electron chi connectivity index (χ2n) is 2.90. The molecule has 0 aliphatic heterocycles. The van der Waals surface area contributed by atoms with Gasteiger partial charge in [0.05, 0.1) is 6.61 Å². The zero-order valence-electron chi connectivity index (χ0n) is 7.72. The van der Waals surface area contributed by atoms with Crippen molar-refractivity contribution in [2.75, 3.05) is 0 Å². The predicted octanol–water partition coefficient (Wildman–Crippen LogP) is 1.08. The molecular weight excluding hydrogens is 170 g/mol. The third-order valence-corrected chi connectivity index (χ3v) is 2.21. The lowest BCUT2D eigenvalue weighted by Gasteiger charge is -1.96. The standard InChI is InChI=1S/C9H13NO3/c1-3-6-5(2)7(4-11)10-8(6)9(12)13/h10-11H,3-4H2,1-2H3,(H,12,13). The molecule has 0 aromatic carbocycles. The van der Waals surface area contributed by atoms with E-state index in [9.17, 15) is 4.79 Å². The summed E-state index contributed by atoms with van der Waals surface area (Å²) < 4.78 is 0. The van der Waals surface area contributed by atoms with E-state index in [0.717, 1.165) is 11.1 Å². The van der Waals surface area contributed by atoms with Crippen LogP contribution in [-0.4, -0.2) is 21.2 Å². The number of hydrogen-bond acceptors (Lipinski definition) is 2. The number of carboxylic acid groups (broad SMARTS) is 1. The summed E-state index contributed by atoms with van der Waals surface area (Å²) in [6, 6.07) is 0. The number of aromatic nitrogens is 1. The molecule has 0 unspecified atom stereocenters. The number of hydrogen-bond donors (Lipinski definition) is 3. The fraction of sp³-hybridized carbons (Fsp3) is 0.444. The summed E-state index contributed by atoms with van der Waals surface area (Å²) in [5.74, 6) is -0.973. The van der Waals surface area contributed by atoms with Gasteiger partial charge in [-0.25, -0.2) is 4.79 Å². The molecule has 72 valence electrons. The molecule has 0 aliphatic carbocycles. The summed E-state index contributed by atoms with van der Waals surface area (Å²) in [5, 5.41) is 17.7. The Hall–Kier alpha value is -1.29. The number of carboxylic acids is 1.